The van der Waals surface area contributed by atoms with Crippen molar-refractivity contribution in [1.82, 2.24) is 15.2 Å². The van der Waals surface area contributed by atoms with E-state index in [0.717, 1.165) is 4.34 Å². The third-order valence-electron chi connectivity index (χ3n) is 2.04. The number of thioether (sulfide) groups is 1. The number of pyridine rings is 1. The molecule has 2 aromatic rings. The van der Waals surface area contributed by atoms with Crippen LogP contribution in [0.1, 0.15) is 6.92 Å². The highest BCUT2D eigenvalue weighted by atomic mass is 35.5. The second kappa shape index (κ2) is 6.51. The number of anilines is 1. The average molecular weight is 335 g/mol. The standard InChI is InChI=1S/C10H8Cl2N4OS2/c1-5(19-10-16-14-4-18-10)9(17)15-8-7(12)2-6(11)3-13-8/h2-5H,1H3,(H,13,15,17). The normalized spacial score (nSPS) is 12.2. The molecular formula is C10H8Cl2N4OS2. The number of carbonyl (C=O) groups excluding carboxylic acids is 1. The minimum atomic E-state index is -0.332. The molecule has 0 radical (unpaired) electrons. The van der Waals surface area contributed by atoms with Crippen LogP contribution in [0.2, 0.25) is 10.0 Å². The van der Waals surface area contributed by atoms with Gasteiger partial charge in [0.05, 0.1) is 15.3 Å². The maximum absolute atomic E-state index is 12.0. The van der Waals surface area contributed by atoms with E-state index in [4.69, 9.17) is 23.2 Å². The number of hydrogen-bond donors (Lipinski definition) is 1. The van der Waals surface area contributed by atoms with Gasteiger partial charge in [-0.25, -0.2) is 4.98 Å². The van der Waals surface area contributed by atoms with Crippen molar-refractivity contribution in [3.8, 4) is 0 Å². The Balaban J connectivity index is 2.00. The lowest BCUT2D eigenvalue weighted by Gasteiger charge is -2.10. The lowest BCUT2D eigenvalue weighted by molar-refractivity contribution is -0.115. The smallest absolute Gasteiger partial charge is 0.238 e. The zero-order valence-electron chi connectivity index (χ0n) is 9.63. The van der Waals surface area contributed by atoms with Gasteiger partial charge in [0, 0.05) is 6.20 Å². The van der Waals surface area contributed by atoms with E-state index in [1.54, 1.807) is 12.4 Å². The van der Waals surface area contributed by atoms with Crippen LogP contribution in [-0.4, -0.2) is 26.3 Å². The van der Waals surface area contributed by atoms with Gasteiger partial charge in [0.2, 0.25) is 5.91 Å². The molecule has 0 aliphatic heterocycles. The first-order valence-corrected chi connectivity index (χ1v) is 7.62. The fourth-order valence-corrected chi connectivity index (χ4v) is 3.20. The first-order chi connectivity index (χ1) is 9.06. The molecule has 0 saturated carbocycles. The average Bonchev–Trinajstić information content (AvgIpc) is 2.85. The van der Waals surface area contributed by atoms with E-state index in [2.05, 4.69) is 20.5 Å². The van der Waals surface area contributed by atoms with Crippen LogP contribution in [0.4, 0.5) is 5.82 Å². The van der Waals surface area contributed by atoms with E-state index in [0.29, 0.717) is 15.9 Å². The molecule has 2 rings (SSSR count). The van der Waals surface area contributed by atoms with Crippen LogP contribution in [0.5, 0.6) is 0 Å². The van der Waals surface area contributed by atoms with Crippen LogP contribution in [-0.2, 0) is 4.79 Å². The maximum atomic E-state index is 12.0. The number of nitrogens with zero attached hydrogens (tertiary/aromatic N) is 3. The van der Waals surface area contributed by atoms with Crippen molar-refractivity contribution in [3.63, 3.8) is 0 Å². The molecule has 0 bridgehead atoms. The predicted octanol–water partition coefficient (Wildman–Crippen LogP) is 3.36. The molecule has 19 heavy (non-hydrogen) atoms. The third kappa shape index (κ3) is 4.04. The van der Waals surface area contributed by atoms with E-state index in [1.807, 2.05) is 0 Å². The summed E-state index contributed by atoms with van der Waals surface area (Å²) >= 11 is 14.4. The molecule has 2 heterocycles. The lowest BCUT2D eigenvalue weighted by Crippen LogP contribution is -2.23. The second-order valence-electron chi connectivity index (χ2n) is 3.44. The van der Waals surface area contributed by atoms with E-state index < -0.39 is 0 Å². The van der Waals surface area contributed by atoms with Crippen molar-refractivity contribution >= 4 is 58.0 Å². The number of amides is 1. The van der Waals surface area contributed by atoms with Crippen LogP contribution in [0.15, 0.2) is 22.1 Å². The summed E-state index contributed by atoms with van der Waals surface area (Å²) in [6.07, 6.45) is 1.42. The van der Waals surface area contributed by atoms with Crippen molar-refractivity contribution in [2.24, 2.45) is 0 Å². The highest BCUT2D eigenvalue weighted by Crippen LogP contribution is 2.26. The number of nitrogens with one attached hydrogen (secondary N) is 1. The van der Waals surface area contributed by atoms with Crippen LogP contribution < -0.4 is 5.32 Å². The van der Waals surface area contributed by atoms with Gasteiger partial charge in [-0.05, 0) is 13.0 Å². The SMILES string of the molecule is CC(Sc1nncs1)C(=O)Nc1ncc(Cl)cc1Cl. The van der Waals surface area contributed by atoms with Gasteiger partial charge in [0.15, 0.2) is 10.2 Å². The largest absolute Gasteiger partial charge is 0.308 e. The van der Waals surface area contributed by atoms with E-state index in [1.165, 1.54) is 35.4 Å². The third-order valence-corrected chi connectivity index (χ3v) is 4.44. The molecule has 1 unspecified atom stereocenters. The highest BCUT2D eigenvalue weighted by Gasteiger charge is 2.17. The molecular weight excluding hydrogens is 327 g/mol. The summed E-state index contributed by atoms with van der Waals surface area (Å²) in [5, 5.41) is 10.6. The Morgan fingerprint density at radius 2 is 2.32 bits per heavy atom. The minimum absolute atomic E-state index is 0.211. The molecule has 0 aliphatic rings. The van der Waals surface area contributed by atoms with Crippen LogP contribution >= 0.6 is 46.3 Å². The summed E-state index contributed by atoms with van der Waals surface area (Å²) in [7, 11) is 0. The first kappa shape index (κ1) is 14.5. The molecule has 0 spiro atoms. The molecule has 0 saturated heterocycles. The fourth-order valence-electron chi connectivity index (χ4n) is 1.14. The molecule has 1 atom stereocenters. The maximum Gasteiger partial charge on any atom is 0.238 e. The van der Waals surface area contributed by atoms with Gasteiger partial charge in [0.25, 0.3) is 0 Å². The molecule has 1 amide bonds. The molecule has 5 nitrogen and oxygen atoms in total. The Labute approximate surface area is 127 Å². The Bertz CT molecular complexity index is 579. The van der Waals surface area contributed by atoms with Crippen molar-refractivity contribution in [2.75, 3.05) is 5.32 Å². The van der Waals surface area contributed by atoms with Crippen LogP contribution in [0, 0.1) is 0 Å². The molecule has 0 aliphatic carbocycles. The zero-order chi connectivity index (χ0) is 13.8. The van der Waals surface area contributed by atoms with Gasteiger partial charge in [-0.15, -0.1) is 10.2 Å². The zero-order valence-corrected chi connectivity index (χ0v) is 12.8. The Morgan fingerprint density at radius 1 is 1.53 bits per heavy atom. The fraction of sp³-hybridized carbons (Fsp3) is 0.200. The predicted molar refractivity (Wildman–Crippen MR) is 78.1 cm³/mol. The molecule has 9 heteroatoms. The number of hydrogen-bond acceptors (Lipinski definition) is 6. The number of halogens is 2. The molecule has 2 aromatic heterocycles. The van der Waals surface area contributed by atoms with Crippen molar-refractivity contribution in [3.05, 3.63) is 27.8 Å². The van der Waals surface area contributed by atoms with Crippen molar-refractivity contribution in [1.29, 1.82) is 0 Å². The van der Waals surface area contributed by atoms with Crippen LogP contribution in [0.3, 0.4) is 0 Å². The number of aromatic nitrogens is 3. The summed E-state index contributed by atoms with van der Waals surface area (Å²) in [5.74, 6) is 0.0812. The molecule has 100 valence electrons. The Kier molecular flexibility index (Phi) is 4.98. The van der Waals surface area contributed by atoms with E-state index >= 15 is 0 Å². The quantitative estimate of drug-likeness (QED) is 0.868. The minimum Gasteiger partial charge on any atom is -0.308 e. The molecule has 0 fully saturated rings. The molecule has 0 aromatic carbocycles. The summed E-state index contributed by atoms with van der Waals surface area (Å²) in [4.78, 5) is 15.9. The van der Waals surface area contributed by atoms with Crippen molar-refractivity contribution < 1.29 is 4.79 Å². The summed E-state index contributed by atoms with van der Waals surface area (Å²) < 4.78 is 0.734. The highest BCUT2D eigenvalue weighted by molar-refractivity contribution is 8.02. The second-order valence-corrected chi connectivity index (χ2v) is 6.70. The summed E-state index contributed by atoms with van der Waals surface area (Å²) in [6, 6.07) is 1.52. The van der Waals surface area contributed by atoms with Gasteiger partial charge in [0.1, 0.15) is 5.51 Å². The van der Waals surface area contributed by atoms with Gasteiger partial charge in [-0.3, -0.25) is 4.79 Å². The Morgan fingerprint density at radius 3 is 2.95 bits per heavy atom. The van der Waals surface area contributed by atoms with E-state index in [9.17, 15) is 4.79 Å². The van der Waals surface area contributed by atoms with Gasteiger partial charge < -0.3 is 5.32 Å². The Hall–Kier alpha value is -0.890. The van der Waals surface area contributed by atoms with Crippen molar-refractivity contribution in [2.45, 2.75) is 16.5 Å². The topological polar surface area (TPSA) is 67.8 Å². The number of carbonyl (C=O) groups is 1. The van der Waals surface area contributed by atoms with Crippen LogP contribution in [0.25, 0.3) is 0 Å². The van der Waals surface area contributed by atoms with E-state index in [-0.39, 0.29) is 11.2 Å². The van der Waals surface area contributed by atoms with Gasteiger partial charge >= 0.3 is 0 Å². The van der Waals surface area contributed by atoms with Gasteiger partial charge in [-0.2, -0.15) is 0 Å². The first-order valence-electron chi connectivity index (χ1n) is 5.11. The monoisotopic (exact) mass is 334 g/mol. The summed E-state index contributed by atoms with van der Waals surface area (Å²) in [6.45, 7) is 1.77. The number of rotatable bonds is 4. The summed E-state index contributed by atoms with van der Waals surface area (Å²) in [5.41, 5.74) is 1.62. The molecule has 1 N–H and O–H groups in total. The van der Waals surface area contributed by atoms with Gasteiger partial charge in [-0.1, -0.05) is 46.3 Å². The lowest BCUT2D eigenvalue weighted by atomic mass is 10.4.